The van der Waals surface area contributed by atoms with Crippen LogP contribution in [0, 0.1) is 0 Å². The van der Waals surface area contributed by atoms with E-state index in [0.29, 0.717) is 19.6 Å². The van der Waals surface area contributed by atoms with Crippen molar-refractivity contribution < 1.29 is 18.8 Å². The first kappa shape index (κ1) is 35.4. The minimum absolute atomic E-state index is 0.0690. The zero-order valence-corrected chi connectivity index (χ0v) is 25.4. The van der Waals surface area contributed by atoms with E-state index in [2.05, 4.69) is 34.6 Å². The van der Waals surface area contributed by atoms with Crippen molar-refractivity contribution in [2.24, 2.45) is 0 Å². The van der Waals surface area contributed by atoms with Crippen LogP contribution in [-0.2, 0) is 14.3 Å². The molecule has 0 aromatic rings. The summed E-state index contributed by atoms with van der Waals surface area (Å²) in [6.45, 7) is 15.1. The normalized spacial score (nSPS) is 12.7. The first-order valence-electron chi connectivity index (χ1n) is 16.2. The highest BCUT2D eigenvalue weighted by Gasteiger charge is 2.29. The Morgan fingerprint density at radius 1 is 0.556 bits per heavy atom. The molecule has 0 aromatic heterocycles. The maximum atomic E-state index is 12.0. The van der Waals surface area contributed by atoms with E-state index in [1.54, 1.807) is 0 Å². The second-order valence-electron chi connectivity index (χ2n) is 11.0. The number of hydrogen-bond donors (Lipinski definition) is 0. The third-order valence-electron chi connectivity index (χ3n) is 8.35. The van der Waals surface area contributed by atoms with Crippen molar-refractivity contribution in [3.05, 3.63) is 0 Å². The average Bonchev–Trinajstić information content (AvgIpc) is 2.89. The van der Waals surface area contributed by atoms with Crippen molar-refractivity contribution in [3.8, 4) is 0 Å². The fourth-order valence-electron chi connectivity index (χ4n) is 5.39. The highest BCUT2D eigenvalue weighted by atomic mass is 16.6. The molecule has 0 saturated heterocycles. The number of rotatable bonds is 28. The van der Waals surface area contributed by atoms with Crippen LogP contribution in [0.2, 0.25) is 0 Å². The topological polar surface area (TPSA) is 35.5 Å². The molecule has 0 saturated carbocycles. The van der Waals surface area contributed by atoms with Crippen molar-refractivity contribution in [1.29, 1.82) is 0 Å². The lowest BCUT2D eigenvalue weighted by molar-refractivity contribution is -0.965. The van der Waals surface area contributed by atoms with Gasteiger partial charge in [-0.05, 0) is 27.2 Å². The monoisotopic (exact) mass is 513 g/mol. The lowest BCUT2D eigenvalue weighted by Crippen LogP contribution is -2.55. The smallest absolute Gasteiger partial charge is 0.305 e. The molecule has 0 spiro atoms. The van der Waals surface area contributed by atoms with Crippen LogP contribution in [-0.4, -0.2) is 49.5 Å². The average molecular weight is 513 g/mol. The molecule has 0 heterocycles. The van der Waals surface area contributed by atoms with Gasteiger partial charge in [-0.1, -0.05) is 122 Å². The van der Waals surface area contributed by atoms with Crippen molar-refractivity contribution in [1.82, 2.24) is 0 Å². The van der Waals surface area contributed by atoms with Crippen molar-refractivity contribution in [2.45, 2.75) is 169 Å². The number of quaternary nitrogens is 1. The van der Waals surface area contributed by atoms with Gasteiger partial charge < -0.3 is 9.47 Å². The molecule has 0 aliphatic rings. The second-order valence-corrected chi connectivity index (χ2v) is 11.0. The Kier molecular flexibility index (Phi) is 25.6. The summed E-state index contributed by atoms with van der Waals surface area (Å²) in [5.74, 6) is -0.0690. The Balaban J connectivity index is 3.36. The second kappa shape index (κ2) is 26.0. The van der Waals surface area contributed by atoms with E-state index in [-0.39, 0.29) is 12.2 Å². The van der Waals surface area contributed by atoms with Crippen LogP contribution < -0.4 is 0 Å². The van der Waals surface area contributed by atoms with E-state index >= 15 is 0 Å². The molecule has 0 radical (unpaired) electrons. The van der Waals surface area contributed by atoms with E-state index in [0.717, 1.165) is 37.0 Å². The quantitative estimate of drug-likeness (QED) is 0.0453. The molecule has 0 aliphatic carbocycles. The third-order valence-corrected chi connectivity index (χ3v) is 8.35. The molecule has 0 N–H and O–H groups in total. The van der Waals surface area contributed by atoms with Gasteiger partial charge in [0.05, 0.1) is 26.2 Å². The molecule has 4 heteroatoms. The van der Waals surface area contributed by atoms with E-state index in [9.17, 15) is 4.79 Å². The van der Waals surface area contributed by atoms with Crippen LogP contribution in [0.3, 0.4) is 0 Å². The van der Waals surface area contributed by atoms with Gasteiger partial charge in [0, 0.05) is 13.3 Å². The van der Waals surface area contributed by atoms with Crippen LogP contribution in [0.4, 0.5) is 0 Å². The molecule has 0 aromatic carbocycles. The van der Waals surface area contributed by atoms with Crippen LogP contribution >= 0.6 is 0 Å². The molecular formula is C32H66NO3+. The summed E-state index contributed by atoms with van der Waals surface area (Å²) in [5, 5.41) is 0. The summed E-state index contributed by atoms with van der Waals surface area (Å²) in [4.78, 5) is 12.0. The Bertz CT molecular complexity index is 456. The van der Waals surface area contributed by atoms with Gasteiger partial charge in [-0.15, -0.1) is 0 Å². The molecular weight excluding hydrogens is 446 g/mol. The standard InChI is InChI=1S/C32H66NO3/c1-6-10-11-12-13-14-15-16-17-18-19-20-21-22-23-24-25-26-27-28-32(34)36-30-29-35-31(5)33(7-2,8-3)9-4/h31H,6-30H2,1-5H3/q+1. The van der Waals surface area contributed by atoms with Crippen LogP contribution in [0.5, 0.6) is 0 Å². The predicted octanol–water partition coefficient (Wildman–Crippen LogP) is 9.59. The molecule has 0 amide bonds. The van der Waals surface area contributed by atoms with Crippen molar-refractivity contribution in [2.75, 3.05) is 32.8 Å². The largest absolute Gasteiger partial charge is 0.463 e. The van der Waals surface area contributed by atoms with Gasteiger partial charge in [-0.25, -0.2) is 0 Å². The summed E-state index contributed by atoms with van der Waals surface area (Å²) >= 11 is 0. The van der Waals surface area contributed by atoms with Gasteiger partial charge in [0.1, 0.15) is 6.61 Å². The third kappa shape index (κ3) is 19.5. The Morgan fingerprint density at radius 2 is 0.917 bits per heavy atom. The van der Waals surface area contributed by atoms with Gasteiger partial charge in [0.25, 0.3) is 0 Å². The summed E-state index contributed by atoms with van der Waals surface area (Å²) in [6, 6.07) is 0. The Morgan fingerprint density at radius 3 is 1.28 bits per heavy atom. The van der Waals surface area contributed by atoms with E-state index < -0.39 is 0 Å². The zero-order chi connectivity index (χ0) is 26.7. The number of carbonyl (C=O) groups is 1. The number of unbranched alkanes of at least 4 members (excludes halogenated alkanes) is 18. The zero-order valence-electron chi connectivity index (χ0n) is 25.4. The maximum absolute atomic E-state index is 12.0. The summed E-state index contributed by atoms with van der Waals surface area (Å²) < 4.78 is 12.3. The summed E-state index contributed by atoms with van der Waals surface area (Å²) in [5.41, 5.74) is 0. The number of esters is 1. The SMILES string of the molecule is CCCCCCCCCCCCCCCCCCCCCC(=O)OCCOC(C)[N+](CC)(CC)CC. The van der Waals surface area contributed by atoms with Crippen LogP contribution in [0.1, 0.15) is 163 Å². The predicted molar refractivity (Wildman–Crippen MR) is 156 cm³/mol. The minimum atomic E-state index is -0.0690. The molecule has 0 aliphatic heterocycles. The molecule has 1 unspecified atom stereocenters. The van der Waals surface area contributed by atoms with Gasteiger partial charge in [0.15, 0.2) is 6.23 Å². The van der Waals surface area contributed by atoms with E-state index in [4.69, 9.17) is 9.47 Å². The minimum Gasteiger partial charge on any atom is -0.463 e. The maximum Gasteiger partial charge on any atom is 0.305 e. The lowest BCUT2D eigenvalue weighted by Gasteiger charge is -2.40. The fraction of sp³-hybridized carbons (Fsp3) is 0.969. The number of nitrogens with zero attached hydrogens (tertiary/aromatic N) is 1. The van der Waals surface area contributed by atoms with Gasteiger partial charge in [-0.2, -0.15) is 0 Å². The summed E-state index contributed by atoms with van der Waals surface area (Å²) in [7, 11) is 0. The number of ether oxygens (including phenoxy) is 2. The molecule has 1 atom stereocenters. The van der Waals surface area contributed by atoms with Crippen molar-refractivity contribution in [3.63, 3.8) is 0 Å². The first-order chi connectivity index (χ1) is 17.6. The molecule has 0 fully saturated rings. The molecule has 0 rings (SSSR count). The Hall–Kier alpha value is -0.610. The van der Waals surface area contributed by atoms with Crippen LogP contribution in [0.15, 0.2) is 0 Å². The fourth-order valence-corrected chi connectivity index (χ4v) is 5.39. The molecule has 216 valence electrons. The van der Waals surface area contributed by atoms with Gasteiger partial charge in [0.2, 0.25) is 0 Å². The molecule has 36 heavy (non-hydrogen) atoms. The van der Waals surface area contributed by atoms with Crippen LogP contribution in [0.25, 0.3) is 0 Å². The van der Waals surface area contributed by atoms with E-state index in [1.807, 2.05) is 0 Å². The Labute approximate surface area is 226 Å². The highest BCUT2D eigenvalue weighted by molar-refractivity contribution is 5.69. The van der Waals surface area contributed by atoms with Gasteiger partial charge in [-0.3, -0.25) is 9.28 Å². The highest BCUT2D eigenvalue weighted by Crippen LogP contribution is 2.16. The van der Waals surface area contributed by atoms with E-state index in [1.165, 1.54) is 109 Å². The van der Waals surface area contributed by atoms with Gasteiger partial charge >= 0.3 is 5.97 Å². The lowest BCUT2D eigenvalue weighted by atomic mass is 10.0. The molecule has 4 nitrogen and oxygen atoms in total. The first-order valence-corrected chi connectivity index (χ1v) is 16.2. The van der Waals surface area contributed by atoms with Crippen molar-refractivity contribution >= 4 is 5.97 Å². The number of carbonyl (C=O) groups excluding carboxylic acids is 1. The summed E-state index contributed by atoms with van der Waals surface area (Å²) in [6.07, 6.45) is 26.7. The molecule has 0 bridgehead atoms. The number of hydrogen-bond acceptors (Lipinski definition) is 3.